The van der Waals surface area contributed by atoms with Gasteiger partial charge in [-0.05, 0) is 87.8 Å². The van der Waals surface area contributed by atoms with E-state index in [1.807, 2.05) is 26.2 Å². The summed E-state index contributed by atoms with van der Waals surface area (Å²) in [5.41, 5.74) is 34.1. The Hall–Kier alpha value is -6.17. The molecule has 7 amide bonds. The predicted molar refractivity (Wildman–Crippen MR) is 258 cm³/mol. The largest absolute Gasteiger partial charge is 0.481 e. The van der Waals surface area contributed by atoms with E-state index >= 15 is 0 Å². The van der Waals surface area contributed by atoms with Crippen LogP contribution in [0.15, 0.2) is 40.3 Å². The highest BCUT2D eigenvalue weighted by Crippen LogP contribution is 2.12. The molecule has 1 unspecified atom stereocenters. The molecular weight excluding hydrogens is 889 g/mol. The van der Waals surface area contributed by atoms with Gasteiger partial charge in [-0.2, -0.15) is 11.8 Å². The van der Waals surface area contributed by atoms with E-state index in [1.54, 1.807) is 24.3 Å². The molecule has 0 aromatic heterocycles. The third kappa shape index (κ3) is 25.4. The molecular formula is C43H74N14O9S. The number of aliphatic imine (C=N–C) groups is 2. The Morgan fingerprint density at radius 3 is 1.42 bits per heavy atom. The van der Waals surface area contributed by atoms with Crippen molar-refractivity contribution in [2.75, 3.05) is 31.6 Å². The monoisotopic (exact) mass is 963 g/mol. The molecule has 376 valence electrons. The lowest BCUT2D eigenvalue weighted by Gasteiger charge is -2.28. The third-order valence-corrected chi connectivity index (χ3v) is 10.8. The number of nitrogens with one attached hydrogen (secondary N) is 6. The van der Waals surface area contributed by atoms with Gasteiger partial charge in [0.1, 0.15) is 36.3 Å². The average Bonchev–Trinajstić information content (AvgIpc) is 3.25. The molecule has 1 rings (SSSR count). The summed E-state index contributed by atoms with van der Waals surface area (Å²) in [6.07, 6.45) is 3.15. The van der Waals surface area contributed by atoms with Gasteiger partial charge in [-0.25, -0.2) is 0 Å². The van der Waals surface area contributed by atoms with Crippen molar-refractivity contribution in [3.05, 3.63) is 35.9 Å². The number of nitrogens with zero attached hydrogens (tertiary/aromatic N) is 2. The van der Waals surface area contributed by atoms with Gasteiger partial charge in [0, 0.05) is 25.4 Å². The van der Waals surface area contributed by atoms with E-state index in [0.717, 1.165) is 5.56 Å². The number of guanidine groups is 2. The van der Waals surface area contributed by atoms with Crippen molar-refractivity contribution < 1.29 is 43.5 Å². The van der Waals surface area contributed by atoms with Crippen LogP contribution in [0.25, 0.3) is 0 Å². The lowest BCUT2D eigenvalue weighted by atomic mass is 10.0. The Balaban J connectivity index is 3.48. The van der Waals surface area contributed by atoms with Crippen molar-refractivity contribution in [3.8, 4) is 0 Å². The van der Waals surface area contributed by atoms with E-state index < -0.39 is 95.9 Å². The van der Waals surface area contributed by atoms with Gasteiger partial charge in [0.05, 0.1) is 6.42 Å². The van der Waals surface area contributed by atoms with Gasteiger partial charge in [-0.15, -0.1) is 0 Å². The maximum atomic E-state index is 14.2. The van der Waals surface area contributed by atoms with Gasteiger partial charge in [0.2, 0.25) is 41.4 Å². The van der Waals surface area contributed by atoms with E-state index in [0.29, 0.717) is 25.1 Å². The van der Waals surface area contributed by atoms with Crippen LogP contribution in [0, 0.1) is 11.8 Å². The minimum absolute atomic E-state index is 0.0204. The maximum Gasteiger partial charge on any atom is 0.304 e. The highest BCUT2D eigenvalue weighted by atomic mass is 32.2. The van der Waals surface area contributed by atoms with E-state index in [1.165, 1.54) is 18.7 Å². The fourth-order valence-electron chi connectivity index (χ4n) is 6.62. The number of primary amides is 1. The van der Waals surface area contributed by atoms with Crippen LogP contribution >= 0.6 is 11.8 Å². The topological polar surface area (TPSA) is 410 Å². The summed E-state index contributed by atoms with van der Waals surface area (Å²) in [5, 5.41) is 25.3. The molecule has 23 nitrogen and oxygen atoms in total. The van der Waals surface area contributed by atoms with Gasteiger partial charge in [0.25, 0.3) is 0 Å². The second kappa shape index (κ2) is 32.5. The quantitative estimate of drug-likeness (QED) is 0.0198. The molecule has 24 heteroatoms. The van der Waals surface area contributed by atoms with Crippen LogP contribution in [0.2, 0.25) is 0 Å². The SMILES string of the molecule is CSCC[C@H](NC(=O)[C@H](CCCCN)NC(=O)[C@H](CCCN=C(N)N)NC(=O)[C@H](CC(C)C)NC(=O)[C@H](CCCN=C(N)N)NC(=O)[C@@H](C)CC(=O)O)C(=O)NC(Cc1ccccc1)C(N)=O. The molecule has 0 heterocycles. The van der Waals surface area contributed by atoms with Crippen LogP contribution in [0.5, 0.6) is 0 Å². The number of rotatable bonds is 34. The molecule has 0 aliphatic rings. The van der Waals surface area contributed by atoms with Gasteiger partial charge >= 0.3 is 5.97 Å². The molecule has 0 bridgehead atoms. The number of nitrogens with two attached hydrogens (primary N) is 6. The molecule has 0 aliphatic heterocycles. The maximum absolute atomic E-state index is 14.2. The summed E-state index contributed by atoms with van der Waals surface area (Å²) in [6, 6.07) is 1.78. The number of carboxylic acids is 1. The first-order valence-corrected chi connectivity index (χ1v) is 23.7. The normalized spacial score (nSPS) is 14.1. The molecule has 1 aromatic rings. The fourth-order valence-corrected chi connectivity index (χ4v) is 7.09. The van der Waals surface area contributed by atoms with E-state index in [9.17, 15) is 43.5 Å². The molecule has 0 saturated heterocycles. The lowest BCUT2D eigenvalue weighted by molar-refractivity contribution is -0.141. The van der Waals surface area contributed by atoms with Crippen molar-refractivity contribution in [1.82, 2.24) is 31.9 Å². The molecule has 0 saturated carbocycles. The summed E-state index contributed by atoms with van der Waals surface area (Å²) >= 11 is 1.43. The van der Waals surface area contributed by atoms with Gasteiger partial charge < -0.3 is 71.4 Å². The Bertz CT molecular complexity index is 1810. The fraction of sp³-hybridized carbons (Fsp3) is 0.628. The third-order valence-electron chi connectivity index (χ3n) is 10.2. The summed E-state index contributed by atoms with van der Waals surface area (Å²) in [4.78, 5) is 114. The molecule has 0 spiro atoms. The minimum atomic E-state index is -1.30. The van der Waals surface area contributed by atoms with Crippen LogP contribution in [-0.4, -0.2) is 132 Å². The van der Waals surface area contributed by atoms with E-state index in [-0.39, 0.29) is 82.3 Å². The van der Waals surface area contributed by atoms with Crippen molar-refractivity contribution in [3.63, 3.8) is 0 Å². The van der Waals surface area contributed by atoms with Crippen LogP contribution in [0.3, 0.4) is 0 Å². The number of carbonyl (C=O) groups is 8. The number of hydrogen-bond acceptors (Lipinski definition) is 12. The zero-order valence-corrected chi connectivity index (χ0v) is 39.9. The van der Waals surface area contributed by atoms with Crippen molar-refractivity contribution in [2.45, 2.75) is 128 Å². The van der Waals surface area contributed by atoms with Crippen molar-refractivity contribution in [2.24, 2.45) is 56.2 Å². The molecule has 0 aliphatic carbocycles. The number of thioether (sulfide) groups is 1. The summed E-state index contributed by atoms with van der Waals surface area (Å²) in [5.74, 6) is -7.39. The van der Waals surface area contributed by atoms with E-state index in [2.05, 4.69) is 41.9 Å². The average molecular weight is 963 g/mol. The molecule has 19 N–H and O–H groups in total. The first-order chi connectivity index (χ1) is 31.7. The number of unbranched alkanes of at least 4 members (excludes halogenated alkanes) is 1. The number of carbonyl (C=O) groups excluding carboxylic acids is 7. The minimum Gasteiger partial charge on any atom is -0.481 e. The highest BCUT2D eigenvalue weighted by molar-refractivity contribution is 7.98. The first-order valence-electron chi connectivity index (χ1n) is 22.4. The number of amides is 7. The summed E-state index contributed by atoms with van der Waals surface area (Å²) in [6.45, 7) is 5.50. The number of aliphatic carboxylic acids is 1. The van der Waals surface area contributed by atoms with Crippen molar-refractivity contribution in [1.29, 1.82) is 0 Å². The van der Waals surface area contributed by atoms with Crippen LogP contribution in [0.4, 0.5) is 0 Å². The first kappa shape index (κ1) is 58.8. The van der Waals surface area contributed by atoms with Crippen LogP contribution < -0.4 is 66.3 Å². The van der Waals surface area contributed by atoms with Gasteiger partial charge in [-0.1, -0.05) is 51.1 Å². The van der Waals surface area contributed by atoms with Crippen LogP contribution in [0.1, 0.15) is 90.5 Å². The zero-order chi connectivity index (χ0) is 50.5. The standard InChI is InChI=1S/C43H74N14O9S/c1-25(2)22-33(57-39(64)29(15-10-19-50-42(46)47)52-36(61)26(3)23-34(58)59)41(66)54-30(16-11-20-51-43(48)49)38(63)53-28(14-8-9-18-44)37(62)55-31(17-21-67-4)40(65)56-32(35(45)60)24-27-12-6-5-7-13-27/h5-7,12-13,25-26,28-33H,8-11,14-24,44H2,1-4H3,(H2,45,60)(H,52,61)(H,53,63)(H,54,66)(H,55,62)(H,56,65)(H,57,64)(H,58,59)(H4,46,47,50)(H4,48,49,51)/t26-,28-,29-,30-,31-,32?,33-/m0/s1. The molecule has 0 radical (unpaired) electrons. The highest BCUT2D eigenvalue weighted by Gasteiger charge is 2.34. The van der Waals surface area contributed by atoms with Crippen LogP contribution in [-0.2, 0) is 44.8 Å². The predicted octanol–water partition coefficient (Wildman–Crippen LogP) is -2.23. The molecule has 67 heavy (non-hydrogen) atoms. The smallest absolute Gasteiger partial charge is 0.304 e. The molecule has 7 atom stereocenters. The van der Waals surface area contributed by atoms with Gasteiger partial charge in [0.15, 0.2) is 11.9 Å². The van der Waals surface area contributed by atoms with Gasteiger partial charge in [-0.3, -0.25) is 48.3 Å². The Kier molecular flexibility index (Phi) is 28.5. The van der Waals surface area contributed by atoms with Crippen molar-refractivity contribution >= 4 is 71.0 Å². The summed E-state index contributed by atoms with van der Waals surface area (Å²) < 4.78 is 0. The lowest BCUT2D eigenvalue weighted by Crippen LogP contribution is -2.60. The molecule has 1 aromatic carbocycles. The summed E-state index contributed by atoms with van der Waals surface area (Å²) in [7, 11) is 0. The number of benzene rings is 1. The second-order valence-corrected chi connectivity index (χ2v) is 17.5. The number of carboxylic acid groups (broad SMARTS) is 1. The molecule has 0 fully saturated rings. The Labute approximate surface area is 396 Å². The Morgan fingerprint density at radius 2 is 1.00 bits per heavy atom. The Morgan fingerprint density at radius 1 is 0.582 bits per heavy atom. The van der Waals surface area contributed by atoms with E-state index in [4.69, 9.17) is 34.4 Å². The zero-order valence-electron chi connectivity index (χ0n) is 39.1. The second-order valence-electron chi connectivity index (χ2n) is 16.6. The number of hydrogen-bond donors (Lipinski definition) is 13.